The number of nitrogens with two attached hydrogens (primary N) is 1. The van der Waals surface area contributed by atoms with Crippen LogP contribution in [0.3, 0.4) is 0 Å². The third-order valence-corrected chi connectivity index (χ3v) is 2.07. The fourth-order valence-electron chi connectivity index (χ4n) is 1.11. The van der Waals surface area contributed by atoms with Crippen molar-refractivity contribution in [3.05, 3.63) is 52.1 Å². The van der Waals surface area contributed by atoms with E-state index < -0.39 is 16.9 Å². The van der Waals surface area contributed by atoms with Crippen molar-refractivity contribution in [2.24, 2.45) is 5.73 Å². The summed E-state index contributed by atoms with van der Waals surface area (Å²) in [5, 5.41) is 20.0. The van der Waals surface area contributed by atoms with Gasteiger partial charge >= 0.3 is 0 Å². The highest BCUT2D eigenvalue weighted by molar-refractivity contribution is 5.92. The van der Waals surface area contributed by atoms with Crippen LogP contribution in [-0.4, -0.2) is 15.9 Å². The van der Waals surface area contributed by atoms with Gasteiger partial charge in [0, 0.05) is 17.7 Å². The van der Waals surface area contributed by atoms with Crippen LogP contribution in [0.5, 0.6) is 0 Å². The number of carbonyl (C=O) groups excluding carboxylic acids is 1. The number of aliphatic hydroxyl groups is 1. The number of hydrogen-bond donors (Lipinski definition) is 2. The van der Waals surface area contributed by atoms with Gasteiger partial charge in [0.15, 0.2) is 0 Å². The number of nitrogens with zero attached hydrogens (tertiary/aromatic N) is 1. The molecular weight excluding hydrogens is 212 g/mol. The molecule has 16 heavy (non-hydrogen) atoms. The maximum atomic E-state index is 10.7. The Morgan fingerprint density at radius 2 is 1.94 bits per heavy atom. The van der Waals surface area contributed by atoms with E-state index in [9.17, 15) is 20.0 Å². The van der Waals surface area contributed by atoms with E-state index in [1.54, 1.807) is 0 Å². The first-order chi connectivity index (χ1) is 7.43. The number of primary amides is 1. The van der Waals surface area contributed by atoms with E-state index in [1.807, 2.05) is 0 Å². The smallest absolute Gasteiger partial charge is 0.269 e. The van der Waals surface area contributed by atoms with Crippen molar-refractivity contribution >= 4 is 11.6 Å². The van der Waals surface area contributed by atoms with Gasteiger partial charge in [0.1, 0.15) is 6.10 Å². The molecular formula is C10H10N2O4. The van der Waals surface area contributed by atoms with Crippen molar-refractivity contribution < 1.29 is 14.8 Å². The van der Waals surface area contributed by atoms with Gasteiger partial charge in [-0.25, -0.2) is 0 Å². The van der Waals surface area contributed by atoms with Crippen molar-refractivity contribution in [1.82, 2.24) is 0 Å². The lowest BCUT2D eigenvalue weighted by Crippen LogP contribution is -2.18. The van der Waals surface area contributed by atoms with Crippen LogP contribution < -0.4 is 5.73 Å². The Kier molecular flexibility index (Phi) is 3.37. The minimum Gasteiger partial charge on any atom is -0.383 e. The molecule has 0 spiro atoms. The van der Waals surface area contributed by atoms with Gasteiger partial charge in [-0.05, 0) is 17.7 Å². The molecule has 84 valence electrons. The summed E-state index contributed by atoms with van der Waals surface area (Å²) >= 11 is 0. The van der Waals surface area contributed by atoms with Gasteiger partial charge in [-0.3, -0.25) is 14.9 Å². The molecule has 1 atom stereocenters. The van der Waals surface area contributed by atoms with Crippen molar-refractivity contribution in [1.29, 1.82) is 0 Å². The third kappa shape index (κ3) is 2.43. The topological polar surface area (TPSA) is 106 Å². The highest BCUT2D eigenvalue weighted by Gasteiger charge is 2.16. The number of amides is 1. The van der Waals surface area contributed by atoms with E-state index in [1.165, 1.54) is 24.3 Å². The zero-order chi connectivity index (χ0) is 12.3. The Bertz CT molecular complexity index is 439. The summed E-state index contributed by atoms with van der Waals surface area (Å²) in [5.41, 5.74) is 5.02. The summed E-state index contributed by atoms with van der Waals surface area (Å²) in [7, 11) is 0. The minimum absolute atomic E-state index is 0.0966. The molecule has 1 aromatic rings. The molecule has 0 saturated heterocycles. The molecule has 1 unspecified atom stereocenters. The molecule has 1 rings (SSSR count). The lowest BCUT2D eigenvalue weighted by molar-refractivity contribution is -0.384. The summed E-state index contributed by atoms with van der Waals surface area (Å²) < 4.78 is 0. The second-order valence-corrected chi connectivity index (χ2v) is 3.14. The third-order valence-electron chi connectivity index (χ3n) is 2.07. The van der Waals surface area contributed by atoms with Crippen LogP contribution in [0.25, 0.3) is 0 Å². The SMILES string of the molecule is C=C(C(N)=O)C(O)c1ccc([N+](=O)[O-])cc1. The number of aliphatic hydroxyl groups excluding tert-OH is 1. The van der Waals surface area contributed by atoms with Crippen LogP contribution in [0.1, 0.15) is 11.7 Å². The molecule has 0 aliphatic carbocycles. The molecule has 1 amide bonds. The Morgan fingerprint density at radius 1 is 1.44 bits per heavy atom. The van der Waals surface area contributed by atoms with Crippen LogP contribution in [-0.2, 0) is 4.79 Å². The molecule has 0 aliphatic rings. The predicted octanol–water partition coefficient (Wildman–Crippen LogP) is 0.670. The summed E-state index contributed by atoms with van der Waals surface area (Å²) in [6.07, 6.45) is -1.24. The lowest BCUT2D eigenvalue weighted by Gasteiger charge is -2.10. The van der Waals surface area contributed by atoms with Gasteiger partial charge in [0.25, 0.3) is 5.69 Å². The van der Waals surface area contributed by atoms with Crippen LogP contribution >= 0.6 is 0 Å². The zero-order valence-corrected chi connectivity index (χ0v) is 8.29. The summed E-state index contributed by atoms with van der Waals surface area (Å²) in [5.74, 6) is -0.814. The predicted molar refractivity (Wildman–Crippen MR) is 56.4 cm³/mol. The molecule has 0 bridgehead atoms. The zero-order valence-electron chi connectivity index (χ0n) is 8.29. The van der Waals surface area contributed by atoms with Gasteiger partial charge in [-0.2, -0.15) is 0 Å². The molecule has 3 N–H and O–H groups in total. The van der Waals surface area contributed by atoms with Gasteiger partial charge < -0.3 is 10.8 Å². The van der Waals surface area contributed by atoms with E-state index in [0.29, 0.717) is 5.56 Å². The fraction of sp³-hybridized carbons (Fsp3) is 0.100. The normalized spacial score (nSPS) is 11.8. The monoisotopic (exact) mass is 222 g/mol. The molecule has 6 nitrogen and oxygen atoms in total. The number of non-ortho nitro benzene ring substituents is 1. The molecule has 0 radical (unpaired) electrons. The lowest BCUT2D eigenvalue weighted by atomic mass is 10.0. The van der Waals surface area contributed by atoms with Crippen LogP contribution in [0.2, 0.25) is 0 Å². The van der Waals surface area contributed by atoms with Crippen LogP contribution in [0.4, 0.5) is 5.69 Å². The van der Waals surface area contributed by atoms with Gasteiger partial charge in [0.2, 0.25) is 5.91 Å². The van der Waals surface area contributed by atoms with Crippen molar-refractivity contribution in [3.63, 3.8) is 0 Å². The molecule has 0 heterocycles. The number of hydrogen-bond acceptors (Lipinski definition) is 4. The highest BCUT2D eigenvalue weighted by Crippen LogP contribution is 2.22. The Balaban J connectivity index is 2.94. The summed E-state index contributed by atoms with van der Waals surface area (Å²) in [6, 6.07) is 5.15. The second-order valence-electron chi connectivity index (χ2n) is 3.14. The van der Waals surface area contributed by atoms with E-state index in [-0.39, 0.29) is 11.3 Å². The van der Waals surface area contributed by atoms with E-state index in [2.05, 4.69) is 6.58 Å². The summed E-state index contributed by atoms with van der Waals surface area (Å²) in [6.45, 7) is 3.33. The maximum Gasteiger partial charge on any atom is 0.269 e. The van der Waals surface area contributed by atoms with E-state index >= 15 is 0 Å². The van der Waals surface area contributed by atoms with Crippen LogP contribution in [0, 0.1) is 10.1 Å². The first-order valence-corrected chi connectivity index (χ1v) is 4.34. The average Bonchev–Trinajstić information content (AvgIpc) is 2.27. The highest BCUT2D eigenvalue weighted by atomic mass is 16.6. The minimum atomic E-state index is -1.24. The van der Waals surface area contributed by atoms with Crippen molar-refractivity contribution in [3.8, 4) is 0 Å². The maximum absolute atomic E-state index is 10.7. The molecule has 0 fully saturated rings. The number of rotatable bonds is 4. The standard InChI is InChI=1S/C10H10N2O4/c1-6(10(11)14)9(13)7-2-4-8(5-3-7)12(15)16/h2-5,9,13H,1H2,(H2,11,14). The Hall–Kier alpha value is -2.21. The van der Waals surface area contributed by atoms with Crippen LogP contribution in [0.15, 0.2) is 36.4 Å². The molecule has 1 aromatic carbocycles. The summed E-state index contributed by atoms with van der Waals surface area (Å²) in [4.78, 5) is 20.6. The Morgan fingerprint density at radius 3 is 2.31 bits per heavy atom. The molecule has 6 heteroatoms. The largest absolute Gasteiger partial charge is 0.383 e. The number of nitro groups is 1. The van der Waals surface area contributed by atoms with Gasteiger partial charge in [0.05, 0.1) is 4.92 Å². The van der Waals surface area contributed by atoms with Gasteiger partial charge in [-0.15, -0.1) is 0 Å². The van der Waals surface area contributed by atoms with Crippen molar-refractivity contribution in [2.75, 3.05) is 0 Å². The number of benzene rings is 1. The quantitative estimate of drug-likeness (QED) is 0.443. The molecule has 0 saturated carbocycles. The average molecular weight is 222 g/mol. The Labute approximate surface area is 91.2 Å². The van der Waals surface area contributed by atoms with Crippen molar-refractivity contribution in [2.45, 2.75) is 6.10 Å². The number of nitro benzene ring substituents is 1. The van der Waals surface area contributed by atoms with E-state index in [0.717, 1.165) is 0 Å². The molecule has 0 aliphatic heterocycles. The van der Waals surface area contributed by atoms with Gasteiger partial charge in [-0.1, -0.05) is 6.58 Å². The first-order valence-electron chi connectivity index (χ1n) is 4.34. The first kappa shape index (κ1) is 11.9. The van der Waals surface area contributed by atoms with E-state index in [4.69, 9.17) is 5.73 Å². The number of carbonyl (C=O) groups is 1. The fourth-order valence-corrected chi connectivity index (χ4v) is 1.11. The second kappa shape index (κ2) is 4.54. The molecule has 0 aromatic heterocycles.